The molecule has 6 nitrogen and oxygen atoms in total. The highest BCUT2D eigenvalue weighted by Crippen LogP contribution is 2.15. The Labute approximate surface area is 142 Å². The fourth-order valence-electron chi connectivity index (χ4n) is 2.87. The second-order valence-corrected chi connectivity index (χ2v) is 6.81. The van der Waals surface area contributed by atoms with Crippen molar-refractivity contribution in [2.24, 2.45) is 0 Å². The lowest BCUT2D eigenvalue weighted by Gasteiger charge is -2.35. The molecule has 0 saturated carbocycles. The number of carbonyl (C=O) groups excluding carboxylic acids is 1. The van der Waals surface area contributed by atoms with Gasteiger partial charge < -0.3 is 9.64 Å². The van der Waals surface area contributed by atoms with Crippen molar-refractivity contribution >= 4 is 32.7 Å². The Morgan fingerprint density at radius 3 is 2.74 bits per heavy atom. The molecule has 1 amide bonds. The van der Waals surface area contributed by atoms with Crippen molar-refractivity contribution in [2.75, 3.05) is 13.1 Å². The van der Waals surface area contributed by atoms with E-state index in [0.29, 0.717) is 24.0 Å². The van der Waals surface area contributed by atoms with E-state index >= 15 is 0 Å². The predicted octanol–water partition coefficient (Wildman–Crippen LogP) is 1.79. The van der Waals surface area contributed by atoms with E-state index < -0.39 is 0 Å². The standard InChI is InChI=1S/C16H18BrN3O3/c1-10-6-19(7-11(2)23-10)15(21)8-20-9-18-14-4-3-12(17)5-13(14)16(20)22/h3-5,9-11H,6-8H2,1-2H3/t10-,11-/m1/s1. The van der Waals surface area contributed by atoms with Crippen molar-refractivity contribution in [3.63, 3.8) is 0 Å². The first-order valence-electron chi connectivity index (χ1n) is 7.52. The van der Waals surface area contributed by atoms with Crippen LogP contribution in [0.3, 0.4) is 0 Å². The monoisotopic (exact) mass is 379 g/mol. The summed E-state index contributed by atoms with van der Waals surface area (Å²) in [7, 11) is 0. The Bertz CT molecular complexity index is 795. The highest BCUT2D eigenvalue weighted by Gasteiger charge is 2.26. The van der Waals surface area contributed by atoms with Crippen LogP contribution in [0.25, 0.3) is 10.9 Å². The molecule has 1 saturated heterocycles. The number of halogens is 1. The number of hydrogen-bond donors (Lipinski definition) is 0. The van der Waals surface area contributed by atoms with Crippen LogP contribution in [0.2, 0.25) is 0 Å². The molecule has 1 aliphatic rings. The summed E-state index contributed by atoms with van der Waals surface area (Å²) in [6.45, 7) is 4.97. The fraction of sp³-hybridized carbons (Fsp3) is 0.438. The maximum Gasteiger partial charge on any atom is 0.261 e. The maximum atomic E-state index is 12.5. The quantitative estimate of drug-likeness (QED) is 0.797. The number of hydrogen-bond acceptors (Lipinski definition) is 4. The molecule has 2 heterocycles. The first-order chi connectivity index (χ1) is 10.9. The number of rotatable bonds is 2. The highest BCUT2D eigenvalue weighted by atomic mass is 79.9. The summed E-state index contributed by atoms with van der Waals surface area (Å²) < 4.78 is 7.80. The molecule has 3 rings (SSSR count). The van der Waals surface area contributed by atoms with E-state index in [1.165, 1.54) is 10.9 Å². The van der Waals surface area contributed by atoms with Crippen LogP contribution >= 0.6 is 15.9 Å². The summed E-state index contributed by atoms with van der Waals surface area (Å²) >= 11 is 3.35. The zero-order valence-electron chi connectivity index (χ0n) is 13.0. The van der Waals surface area contributed by atoms with Gasteiger partial charge in [-0.15, -0.1) is 0 Å². The molecule has 2 atom stereocenters. The molecule has 1 fully saturated rings. The van der Waals surface area contributed by atoms with E-state index in [1.807, 2.05) is 19.9 Å². The van der Waals surface area contributed by atoms with E-state index in [4.69, 9.17) is 4.74 Å². The van der Waals surface area contributed by atoms with E-state index in [9.17, 15) is 9.59 Å². The molecule has 0 unspecified atom stereocenters. The summed E-state index contributed by atoms with van der Waals surface area (Å²) in [5, 5.41) is 0.499. The van der Waals surface area contributed by atoms with Crippen molar-refractivity contribution < 1.29 is 9.53 Å². The number of amides is 1. The molecule has 122 valence electrons. The lowest BCUT2D eigenvalue weighted by atomic mass is 10.2. The largest absolute Gasteiger partial charge is 0.372 e. The molecule has 1 aromatic heterocycles. The van der Waals surface area contributed by atoms with Crippen LogP contribution in [0.1, 0.15) is 13.8 Å². The number of nitrogens with zero attached hydrogens (tertiary/aromatic N) is 3. The van der Waals surface area contributed by atoms with Crippen LogP contribution in [0, 0.1) is 0 Å². The SMILES string of the molecule is C[C@@H]1CN(C(=O)Cn2cnc3ccc(Br)cc3c2=O)C[C@@H](C)O1. The van der Waals surface area contributed by atoms with Crippen molar-refractivity contribution in [1.82, 2.24) is 14.5 Å². The molecule has 7 heteroatoms. The van der Waals surface area contributed by atoms with Crippen molar-refractivity contribution in [1.29, 1.82) is 0 Å². The molecule has 0 bridgehead atoms. The third kappa shape index (κ3) is 3.45. The topological polar surface area (TPSA) is 64.4 Å². The Hall–Kier alpha value is -1.73. The first kappa shape index (κ1) is 16.1. The molecule has 0 N–H and O–H groups in total. The van der Waals surface area contributed by atoms with Crippen molar-refractivity contribution in [2.45, 2.75) is 32.6 Å². The predicted molar refractivity (Wildman–Crippen MR) is 90.3 cm³/mol. The third-order valence-corrected chi connectivity index (χ3v) is 4.36. The van der Waals surface area contributed by atoms with Gasteiger partial charge in [-0.05, 0) is 32.0 Å². The van der Waals surface area contributed by atoms with E-state index in [2.05, 4.69) is 20.9 Å². The Morgan fingerprint density at radius 2 is 2.04 bits per heavy atom. The number of fused-ring (bicyclic) bond motifs is 1. The molecule has 2 aromatic rings. The smallest absolute Gasteiger partial charge is 0.261 e. The fourth-order valence-corrected chi connectivity index (χ4v) is 3.23. The maximum absolute atomic E-state index is 12.5. The van der Waals surface area contributed by atoms with Gasteiger partial charge in [0, 0.05) is 17.6 Å². The van der Waals surface area contributed by atoms with Gasteiger partial charge in [-0.1, -0.05) is 15.9 Å². The van der Waals surface area contributed by atoms with Gasteiger partial charge in [0.1, 0.15) is 6.54 Å². The average molecular weight is 380 g/mol. The molecular formula is C16H18BrN3O3. The Balaban J connectivity index is 1.85. The molecule has 23 heavy (non-hydrogen) atoms. The van der Waals surface area contributed by atoms with Crippen molar-refractivity contribution in [3.8, 4) is 0 Å². The minimum absolute atomic E-state index is 0.00473. The van der Waals surface area contributed by atoms with Gasteiger partial charge in [-0.25, -0.2) is 4.98 Å². The lowest BCUT2D eigenvalue weighted by molar-refractivity contribution is -0.143. The summed E-state index contributed by atoms with van der Waals surface area (Å²) in [6.07, 6.45) is 1.44. The number of carbonyl (C=O) groups is 1. The van der Waals surface area contributed by atoms with Crippen LogP contribution in [0.5, 0.6) is 0 Å². The van der Waals surface area contributed by atoms with E-state index in [0.717, 1.165) is 4.47 Å². The average Bonchev–Trinajstić information content (AvgIpc) is 2.49. The van der Waals surface area contributed by atoms with Crippen molar-refractivity contribution in [3.05, 3.63) is 39.4 Å². The molecule has 1 aliphatic heterocycles. The number of aromatic nitrogens is 2. The van der Waals surface area contributed by atoms with Gasteiger partial charge in [-0.3, -0.25) is 14.2 Å². The Kier molecular flexibility index (Phi) is 4.50. The van der Waals surface area contributed by atoms with Gasteiger partial charge >= 0.3 is 0 Å². The van der Waals surface area contributed by atoms with Crippen LogP contribution in [0.15, 0.2) is 33.8 Å². The van der Waals surface area contributed by atoms with Crippen LogP contribution in [-0.4, -0.2) is 45.7 Å². The van der Waals surface area contributed by atoms with Crippen LogP contribution < -0.4 is 5.56 Å². The van der Waals surface area contributed by atoms with Gasteiger partial charge in [-0.2, -0.15) is 0 Å². The van der Waals surface area contributed by atoms with Gasteiger partial charge in [0.2, 0.25) is 5.91 Å². The van der Waals surface area contributed by atoms with Crippen LogP contribution in [0.4, 0.5) is 0 Å². The number of morpholine rings is 1. The molecule has 0 aliphatic carbocycles. The molecular weight excluding hydrogens is 362 g/mol. The van der Waals surface area contributed by atoms with Gasteiger partial charge in [0.05, 0.1) is 29.4 Å². The minimum atomic E-state index is -0.209. The van der Waals surface area contributed by atoms with Gasteiger partial charge in [0.25, 0.3) is 5.56 Å². The third-order valence-electron chi connectivity index (χ3n) is 3.86. The summed E-state index contributed by atoms with van der Waals surface area (Å²) in [6, 6.07) is 5.34. The Morgan fingerprint density at radius 1 is 1.35 bits per heavy atom. The van der Waals surface area contributed by atoms with E-state index in [1.54, 1.807) is 17.0 Å². The van der Waals surface area contributed by atoms with E-state index in [-0.39, 0.29) is 30.2 Å². The molecule has 0 spiro atoms. The van der Waals surface area contributed by atoms with Gasteiger partial charge in [0.15, 0.2) is 0 Å². The minimum Gasteiger partial charge on any atom is -0.372 e. The number of ether oxygens (including phenoxy) is 1. The highest BCUT2D eigenvalue weighted by molar-refractivity contribution is 9.10. The normalized spacial score (nSPS) is 21.6. The zero-order chi connectivity index (χ0) is 16.6. The zero-order valence-corrected chi connectivity index (χ0v) is 14.6. The second-order valence-electron chi connectivity index (χ2n) is 5.90. The molecule has 0 radical (unpaired) electrons. The number of benzene rings is 1. The summed E-state index contributed by atoms with van der Waals surface area (Å²) in [5.41, 5.74) is 0.412. The molecule has 1 aromatic carbocycles. The first-order valence-corrected chi connectivity index (χ1v) is 8.31. The van der Waals surface area contributed by atoms with Crippen LogP contribution in [-0.2, 0) is 16.1 Å². The summed E-state index contributed by atoms with van der Waals surface area (Å²) in [4.78, 5) is 31.0. The summed E-state index contributed by atoms with van der Waals surface area (Å²) in [5.74, 6) is -0.0924. The lowest BCUT2D eigenvalue weighted by Crippen LogP contribution is -2.49. The second kappa shape index (κ2) is 6.41.